The van der Waals surface area contributed by atoms with E-state index in [2.05, 4.69) is 27.3 Å². The van der Waals surface area contributed by atoms with E-state index in [0.29, 0.717) is 0 Å². The molecule has 0 amide bonds. The second kappa shape index (κ2) is 5.23. The minimum absolute atomic E-state index is 0.766. The first-order valence-corrected chi connectivity index (χ1v) is 5.63. The standard InChI is InChI=1S/C10H18N4O/c1-2-3-10-12-9(13-15-10)8-14-6-4-11-5-7-14/h11H,2-8H2,1H3. The summed E-state index contributed by atoms with van der Waals surface area (Å²) in [5, 5.41) is 7.30. The molecule has 5 heteroatoms. The summed E-state index contributed by atoms with van der Waals surface area (Å²) < 4.78 is 5.14. The van der Waals surface area contributed by atoms with Gasteiger partial charge in [-0.1, -0.05) is 12.1 Å². The van der Waals surface area contributed by atoms with Gasteiger partial charge in [0.15, 0.2) is 5.82 Å². The Morgan fingerprint density at radius 3 is 2.93 bits per heavy atom. The molecular weight excluding hydrogens is 192 g/mol. The Bertz CT molecular complexity index is 293. The van der Waals surface area contributed by atoms with Crippen molar-refractivity contribution in [2.45, 2.75) is 26.3 Å². The summed E-state index contributed by atoms with van der Waals surface area (Å²) in [4.78, 5) is 6.70. The number of aryl methyl sites for hydroxylation is 1. The Kier molecular flexibility index (Phi) is 3.69. The van der Waals surface area contributed by atoms with E-state index in [9.17, 15) is 0 Å². The van der Waals surface area contributed by atoms with Crippen LogP contribution in [0.15, 0.2) is 4.52 Å². The predicted octanol–water partition coefficient (Wildman–Crippen LogP) is 0.427. The van der Waals surface area contributed by atoms with Crippen LogP contribution in [0.4, 0.5) is 0 Å². The van der Waals surface area contributed by atoms with Gasteiger partial charge in [-0.15, -0.1) is 0 Å². The topological polar surface area (TPSA) is 54.2 Å². The lowest BCUT2D eigenvalue weighted by Crippen LogP contribution is -2.43. The molecule has 2 heterocycles. The number of aromatic nitrogens is 2. The van der Waals surface area contributed by atoms with Crippen LogP contribution >= 0.6 is 0 Å². The summed E-state index contributed by atoms with van der Waals surface area (Å²) in [6.45, 7) is 7.17. The van der Waals surface area contributed by atoms with Crippen molar-refractivity contribution < 1.29 is 4.52 Å². The molecule has 5 nitrogen and oxygen atoms in total. The molecule has 1 fully saturated rings. The van der Waals surface area contributed by atoms with Gasteiger partial charge in [-0.2, -0.15) is 4.98 Å². The molecule has 1 aromatic heterocycles. The van der Waals surface area contributed by atoms with Gasteiger partial charge in [0.2, 0.25) is 5.89 Å². The highest BCUT2D eigenvalue weighted by molar-refractivity contribution is 4.87. The van der Waals surface area contributed by atoms with E-state index in [1.165, 1.54) is 0 Å². The first-order chi connectivity index (χ1) is 7.38. The van der Waals surface area contributed by atoms with Gasteiger partial charge in [-0.25, -0.2) is 0 Å². The molecule has 0 saturated carbocycles. The van der Waals surface area contributed by atoms with Gasteiger partial charge >= 0.3 is 0 Å². The molecule has 0 radical (unpaired) electrons. The molecular formula is C10H18N4O. The van der Waals surface area contributed by atoms with Crippen LogP contribution in [0.25, 0.3) is 0 Å². The summed E-state index contributed by atoms with van der Waals surface area (Å²) in [5.41, 5.74) is 0. The molecule has 0 aromatic carbocycles. The lowest BCUT2D eigenvalue weighted by atomic mass is 10.3. The van der Waals surface area contributed by atoms with Crippen LogP contribution in [-0.2, 0) is 13.0 Å². The van der Waals surface area contributed by atoms with Crippen molar-refractivity contribution in [3.8, 4) is 0 Å². The maximum Gasteiger partial charge on any atom is 0.226 e. The van der Waals surface area contributed by atoms with E-state index in [1.807, 2.05) is 0 Å². The van der Waals surface area contributed by atoms with Crippen LogP contribution in [0.3, 0.4) is 0 Å². The summed E-state index contributed by atoms with van der Waals surface area (Å²) in [6, 6.07) is 0. The number of nitrogens with one attached hydrogen (secondary N) is 1. The van der Waals surface area contributed by atoms with Gasteiger partial charge in [0.05, 0.1) is 6.54 Å². The smallest absolute Gasteiger partial charge is 0.226 e. The van der Waals surface area contributed by atoms with Crippen LogP contribution in [-0.4, -0.2) is 41.2 Å². The average molecular weight is 210 g/mol. The first kappa shape index (κ1) is 10.6. The van der Waals surface area contributed by atoms with Gasteiger partial charge in [-0.3, -0.25) is 4.90 Å². The Hall–Kier alpha value is -0.940. The van der Waals surface area contributed by atoms with E-state index in [0.717, 1.165) is 57.3 Å². The molecule has 15 heavy (non-hydrogen) atoms. The predicted molar refractivity (Wildman–Crippen MR) is 56.4 cm³/mol. The zero-order valence-corrected chi connectivity index (χ0v) is 9.20. The van der Waals surface area contributed by atoms with Crippen molar-refractivity contribution in [1.82, 2.24) is 20.4 Å². The third kappa shape index (κ3) is 3.00. The number of hydrogen-bond acceptors (Lipinski definition) is 5. The minimum atomic E-state index is 0.766. The van der Waals surface area contributed by atoms with Crippen LogP contribution in [0.2, 0.25) is 0 Å². The maximum absolute atomic E-state index is 5.14. The maximum atomic E-state index is 5.14. The molecule has 1 aromatic rings. The number of piperazine rings is 1. The van der Waals surface area contributed by atoms with Crippen molar-refractivity contribution >= 4 is 0 Å². The minimum Gasteiger partial charge on any atom is -0.339 e. The van der Waals surface area contributed by atoms with Gasteiger partial charge in [0.25, 0.3) is 0 Å². The van der Waals surface area contributed by atoms with E-state index < -0.39 is 0 Å². The Morgan fingerprint density at radius 2 is 2.20 bits per heavy atom. The van der Waals surface area contributed by atoms with Gasteiger partial charge in [0.1, 0.15) is 0 Å². The zero-order valence-electron chi connectivity index (χ0n) is 9.20. The molecule has 0 bridgehead atoms. The second-order valence-corrected chi connectivity index (χ2v) is 3.88. The highest BCUT2D eigenvalue weighted by Crippen LogP contribution is 2.04. The molecule has 84 valence electrons. The third-order valence-corrected chi connectivity index (χ3v) is 2.55. The molecule has 1 saturated heterocycles. The zero-order chi connectivity index (χ0) is 10.5. The normalized spacial score (nSPS) is 18.2. The van der Waals surface area contributed by atoms with E-state index in [-0.39, 0.29) is 0 Å². The van der Waals surface area contributed by atoms with Crippen molar-refractivity contribution in [3.05, 3.63) is 11.7 Å². The molecule has 1 aliphatic rings. The monoisotopic (exact) mass is 210 g/mol. The molecule has 0 spiro atoms. The number of rotatable bonds is 4. The van der Waals surface area contributed by atoms with E-state index >= 15 is 0 Å². The third-order valence-electron chi connectivity index (χ3n) is 2.55. The summed E-state index contributed by atoms with van der Waals surface area (Å²) in [5.74, 6) is 1.59. The molecule has 2 rings (SSSR count). The molecule has 0 unspecified atom stereocenters. The lowest BCUT2D eigenvalue weighted by molar-refractivity contribution is 0.224. The highest BCUT2D eigenvalue weighted by atomic mass is 16.5. The fraction of sp³-hybridized carbons (Fsp3) is 0.800. The SMILES string of the molecule is CCCc1nc(CN2CCNCC2)no1. The van der Waals surface area contributed by atoms with E-state index in [4.69, 9.17) is 4.52 Å². The lowest BCUT2D eigenvalue weighted by Gasteiger charge is -2.25. The Morgan fingerprint density at radius 1 is 1.40 bits per heavy atom. The molecule has 1 N–H and O–H groups in total. The highest BCUT2D eigenvalue weighted by Gasteiger charge is 2.13. The summed E-state index contributed by atoms with van der Waals surface area (Å²) in [7, 11) is 0. The van der Waals surface area contributed by atoms with Gasteiger partial charge in [0, 0.05) is 32.6 Å². The number of nitrogens with zero attached hydrogens (tertiary/aromatic N) is 3. The van der Waals surface area contributed by atoms with Crippen molar-refractivity contribution in [2.24, 2.45) is 0 Å². The van der Waals surface area contributed by atoms with Crippen LogP contribution in [0.5, 0.6) is 0 Å². The van der Waals surface area contributed by atoms with Crippen molar-refractivity contribution in [2.75, 3.05) is 26.2 Å². The Labute approximate surface area is 89.8 Å². The summed E-state index contributed by atoms with van der Waals surface area (Å²) in [6.07, 6.45) is 1.93. The molecule has 0 atom stereocenters. The summed E-state index contributed by atoms with van der Waals surface area (Å²) >= 11 is 0. The molecule has 0 aliphatic carbocycles. The number of hydrogen-bond donors (Lipinski definition) is 1. The fourth-order valence-electron chi connectivity index (χ4n) is 1.74. The van der Waals surface area contributed by atoms with Gasteiger partial charge < -0.3 is 9.84 Å². The van der Waals surface area contributed by atoms with Crippen LogP contribution in [0, 0.1) is 0 Å². The van der Waals surface area contributed by atoms with E-state index in [1.54, 1.807) is 0 Å². The van der Waals surface area contributed by atoms with Crippen molar-refractivity contribution in [3.63, 3.8) is 0 Å². The van der Waals surface area contributed by atoms with Crippen LogP contribution in [0.1, 0.15) is 25.1 Å². The largest absolute Gasteiger partial charge is 0.339 e. The van der Waals surface area contributed by atoms with Crippen molar-refractivity contribution in [1.29, 1.82) is 0 Å². The van der Waals surface area contributed by atoms with Gasteiger partial charge in [-0.05, 0) is 6.42 Å². The Balaban J connectivity index is 1.86. The molecule has 1 aliphatic heterocycles. The quantitative estimate of drug-likeness (QED) is 0.781. The fourth-order valence-corrected chi connectivity index (χ4v) is 1.74. The first-order valence-electron chi connectivity index (χ1n) is 5.63. The van der Waals surface area contributed by atoms with Crippen LogP contribution < -0.4 is 5.32 Å². The average Bonchev–Trinajstić information content (AvgIpc) is 2.68. The second-order valence-electron chi connectivity index (χ2n) is 3.88.